The molecule has 12 heteroatoms. The average molecular weight is 574 g/mol. The molecule has 5 rings (SSSR count). The highest BCUT2D eigenvalue weighted by Crippen LogP contribution is 2.28. The van der Waals surface area contributed by atoms with Gasteiger partial charge in [-0.05, 0) is 57.8 Å². The fourth-order valence-corrected chi connectivity index (χ4v) is 4.89. The van der Waals surface area contributed by atoms with Gasteiger partial charge in [-0.15, -0.1) is 0 Å². The molecule has 42 heavy (non-hydrogen) atoms. The molecule has 0 saturated carbocycles. The third-order valence-corrected chi connectivity index (χ3v) is 7.35. The highest BCUT2D eigenvalue weighted by atomic mass is 19.1. The number of halogens is 1. The second kappa shape index (κ2) is 11.9. The van der Waals surface area contributed by atoms with Crippen molar-refractivity contribution in [1.82, 2.24) is 24.1 Å². The van der Waals surface area contributed by atoms with E-state index in [1.165, 1.54) is 29.1 Å². The average Bonchev–Trinajstić information content (AvgIpc) is 3.54. The van der Waals surface area contributed by atoms with E-state index in [-0.39, 0.29) is 34.6 Å². The molecular formula is C30H32FN7O4. The summed E-state index contributed by atoms with van der Waals surface area (Å²) < 4.78 is 23.7. The van der Waals surface area contributed by atoms with E-state index >= 15 is 4.39 Å². The zero-order valence-electron chi connectivity index (χ0n) is 23.8. The second-order valence-corrected chi connectivity index (χ2v) is 10.3. The molecule has 1 aliphatic heterocycles. The minimum absolute atomic E-state index is 0.0420. The van der Waals surface area contributed by atoms with Gasteiger partial charge >= 0.3 is 6.03 Å². The van der Waals surface area contributed by atoms with Crippen LogP contribution >= 0.6 is 0 Å². The summed E-state index contributed by atoms with van der Waals surface area (Å²) in [4.78, 5) is 46.9. The standard InChI is InChI=1S/C30H32FN7O4/c1-19-27(29(40)38(36(19)4)21-8-6-5-7-9-21)28(39)33-20-10-11-25(24(31)16-20)42-23-12-14-32-26(17-23)34-30(41)37-15-13-22(18-37)35(2)3/h5-12,14,16-17,22H,13,15,18H2,1-4H3,(H,33,39)(H,32,34,41). The summed E-state index contributed by atoms with van der Waals surface area (Å²) >= 11 is 0. The maximum Gasteiger partial charge on any atom is 0.323 e. The van der Waals surface area contributed by atoms with Crippen LogP contribution in [0.15, 0.2) is 71.7 Å². The predicted octanol–water partition coefficient (Wildman–Crippen LogP) is 4.23. The Balaban J connectivity index is 1.26. The quantitative estimate of drug-likeness (QED) is 0.342. The number of hydrogen-bond donors (Lipinski definition) is 2. The van der Waals surface area contributed by atoms with Gasteiger partial charge in [0.25, 0.3) is 11.5 Å². The normalized spacial score (nSPS) is 14.7. The molecule has 2 aromatic carbocycles. The van der Waals surface area contributed by atoms with E-state index in [1.807, 2.05) is 20.2 Å². The molecule has 1 unspecified atom stereocenters. The molecule has 1 fully saturated rings. The van der Waals surface area contributed by atoms with Crippen LogP contribution in [0.5, 0.6) is 11.5 Å². The van der Waals surface area contributed by atoms with Gasteiger partial charge < -0.3 is 19.9 Å². The summed E-state index contributed by atoms with van der Waals surface area (Å²) in [6.45, 7) is 2.94. The van der Waals surface area contributed by atoms with Crippen molar-refractivity contribution < 1.29 is 18.7 Å². The van der Waals surface area contributed by atoms with E-state index in [0.29, 0.717) is 30.5 Å². The largest absolute Gasteiger partial charge is 0.454 e. The first-order chi connectivity index (χ1) is 20.1. The van der Waals surface area contributed by atoms with Crippen molar-refractivity contribution in [2.45, 2.75) is 19.4 Å². The number of aromatic nitrogens is 3. The van der Waals surface area contributed by atoms with Gasteiger partial charge in [-0.1, -0.05) is 18.2 Å². The predicted molar refractivity (Wildman–Crippen MR) is 157 cm³/mol. The number of hydrogen-bond acceptors (Lipinski definition) is 6. The Morgan fingerprint density at radius 1 is 1.07 bits per heavy atom. The lowest BCUT2D eigenvalue weighted by Gasteiger charge is -2.20. The number of ether oxygens (including phenoxy) is 1. The lowest BCUT2D eigenvalue weighted by atomic mass is 10.2. The number of pyridine rings is 1. The lowest BCUT2D eigenvalue weighted by molar-refractivity contribution is 0.102. The highest BCUT2D eigenvalue weighted by Gasteiger charge is 2.28. The summed E-state index contributed by atoms with van der Waals surface area (Å²) in [6, 6.07) is 16.0. The van der Waals surface area contributed by atoms with Gasteiger partial charge in [0, 0.05) is 50.2 Å². The maximum absolute atomic E-state index is 15.0. The second-order valence-electron chi connectivity index (χ2n) is 10.3. The third kappa shape index (κ3) is 5.88. The van der Waals surface area contributed by atoms with Crippen molar-refractivity contribution in [3.05, 3.63) is 94.3 Å². The number of urea groups is 1. The molecule has 1 saturated heterocycles. The Labute approximate surface area is 242 Å². The molecule has 3 amide bonds. The molecule has 0 aliphatic carbocycles. The number of likely N-dealkylation sites (N-methyl/N-ethyl adjacent to an activating group) is 1. The van der Waals surface area contributed by atoms with E-state index in [4.69, 9.17) is 4.74 Å². The van der Waals surface area contributed by atoms with Crippen molar-refractivity contribution >= 4 is 23.4 Å². The molecule has 0 radical (unpaired) electrons. The number of carbonyl (C=O) groups is 2. The van der Waals surface area contributed by atoms with Crippen LogP contribution in [0.3, 0.4) is 0 Å². The van der Waals surface area contributed by atoms with E-state index in [1.54, 1.807) is 53.9 Å². The van der Waals surface area contributed by atoms with Gasteiger partial charge in [-0.2, -0.15) is 0 Å². The van der Waals surface area contributed by atoms with Crippen LogP contribution in [0.25, 0.3) is 5.69 Å². The van der Waals surface area contributed by atoms with Crippen molar-refractivity contribution in [3.63, 3.8) is 0 Å². The highest BCUT2D eigenvalue weighted by molar-refractivity contribution is 6.05. The molecule has 2 N–H and O–H groups in total. The Morgan fingerprint density at radius 3 is 2.52 bits per heavy atom. The Morgan fingerprint density at radius 2 is 1.83 bits per heavy atom. The number of rotatable bonds is 7. The lowest BCUT2D eigenvalue weighted by Crippen LogP contribution is -2.37. The van der Waals surface area contributed by atoms with Crippen LogP contribution < -0.4 is 20.9 Å². The minimum atomic E-state index is -0.728. The van der Waals surface area contributed by atoms with Crippen LogP contribution in [-0.2, 0) is 7.05 Å². The maximum atomic E-state index is 15.0. The number of amides is 3. The van der Waals surface area contributed by atoms with E-state index in [0.717, 1.165) is 12.5 Å². The summed E-state index contributed by atoms with van der Waals surface area (Å²) in [5.41, 5.74) is 0.710. The van der Waals surface area contributed by atoms with Gasteiger partial charge in [-0.25, -0.2) is 18.9 Å². The number of likely N-dealkylation sites (tertiary alicyclic amines) is 1. The summed E-state index contributed by atoms with van der Waals surface area (Å²) in [7, 11) is 5.66. The monoisotopic (exact) mass is 573 g/mol. The molecule has 1 aliphatic rings. The number of nitrogens with zero attached hydrogens (tertiary/aromatic N) is 5. The topological polar surface area (TPSA) is 114 Å². The van der Waals surface area contributed by atoms with Crippen LogP contribution in [0.2, 0.25) is 0 Å². The van der Waals surface area contributed by atoms with Crippen LogP contribution in [-0.4, -0.2) is 69.3 Å². The van der Waals surface area contributed by atoms with Crippen molar-refractivity contribution in [2.75, 3.05) is 37.8 Å². The first kappa shape index (κ1) is 28.6. The van der Waals surface area contributed by atoms with Gasteiger partial charge in [0.1, 0.15) is 17.1 Å². The molecule has 2 aromatic heterocycles. The summed E-state index contributed by atoms with van der Waals surface area (Å²) in [6.07, 6.45) is 2.35. The summed E-state index contributed by atoms with van der Waals surface area (Å²) in [5, 5.41) is 5.37. The molecule has 0 spiro atoms. The molecule has 0 bridgehead atoms. The van der Waals surface area contributed by atoms with E-state index in [2.05, 4.69) is 20.5 Å². The van der Waals surface area contributed by atoms with E-state index < -0.39 is 17.3 Å². The molecule has 4 aromatic rings. The smallest absolute Gasteiger partial charge is 0.323 e. The van der Waals surface area contributed by atoms with Gasteiger partial charge in [0.15, 0.2) is 11.6 Å². The van der Waals surface area contributed by atoms with Crippen LogP contribution in [0, 0.1) is 12.7 Å². The Bertz CT molecular complexity index is 1680. The molecule has 218 valence electrons. The minimum Gasteiger partial charge on any atom is -0.454 e. The number of anilines is 2. The number of carbonyl (C=O) groups excluding carboxylic acids is 2. The van der Waals surface area contributed by atoms with Crippen LogP contribution in [0.1, 0.15) is 22.5 Å². The summed E-state index contributed by atoms with van der Waals surface area (Å²) in [5.74, 6) is -0.930. The van der Waals surface area contributed by atoms with Crippen molar-refractivity contribution in [1.29, 1.82) is 0 Å². The zero-order chi connectivity index (χ0) is 30.0. The molecule has 11 nitrogen and oxygen atoms in total. The van der Waals surface area contributed by atoms with Gasteiger partial charge in [-0.3, -0.25) is 19.6 Å². The van der Waals surface area contributed by atoms with Gasteiger partial charge in [0.2, 0.25) is 0 Å². The fraction of sp³-hybridized carbons (Fsp3) is 0.267. The van der Waals surface area contributed by atoms with Crippen LogP contribution in [0.4, 0.5) is 20.7 Å². The van der Waals surface area contributed by atoms with Gasteiger partial charge in [0.05, 0.1) is 11.4 Å². The first-order valence-corrected chi connectivity index (χ1v) is 13.4. The number of para-hydroxylation sites is 1. The molecule has 1 atom stereocenters. The first-order valence-electron chi connectivity index (χ1n) is 13.4. The zero-order valence-corrected chi connectivity index (χ0v) is 23.8. The van der Waals surface area contributed by atoms with Crippen molar-refractivity contribution in [2.24, 2.45) is 7.05 Å². The third-order valence-electron chi connectivity index (χ3n) is 7.35. The Hall–Kier alpha value is -4.97. The van der Waals surface area contributed by atoms with Crippen molar-refractivity contribution in [3.8, 4) is 17.2 Å². The SMILES string of the molecule is Cc1c(C(=O)Nc2ccc(Oc3ccnc(NC(=O)N4CCC(N(C)C)C4)c3)c(F)c2)c(=O)n(-c2ccccc2)n1C. The number of benzene rings is 2. The molecular weight excluding hydrogens is 541 g/mol. The Kier molecular flexibility index (Phi) is 8.07. The van der Waals surface area contributed by atoms with E-state index in [9.17, 15) is 14.4 Å². The fourth-order valence-electron chi connectivity index (χ4n) is 4.89. The number of nitrogens with one attached hydrogen (secondary N) is 2. The molecule has 3 heterocycles.